The van der Waals surface area contributed by atoms with Crippen molar-refractivity contribution < 1.29 is 155 Å². The number of nitrogens with two attached hydrogens (primary N) is 2. The van der Waals surface area contributed by atoms with Gasteiger partial charge in [-0.1, -0.05) is 157 Å². The van der Waals surface area contributed by atoms with E-state index in [4.69, 9.17) is 61.7 Å². The van der Waals surface area contributed by atoms with Crippen LogP contribution in [0.2, 0.25) is 0 Å². The first-order valence-electron chi connectivity index (χ1n) is 44.0. The van der Waals surface area contributed by atoms with Crippen molar-refractivity contribution >= 4 is 95.0 Å². The summed E-state index contributed by atoms with van der Waals surface area (Å²) in [5, 5.41) is 83.0. The third-order valence-corrected chi connectivity index (χ3v) is 20.7. The first-order valence-corrected chi connectivity index (χ1v) is 45.0. The van der Waals surface area contributed by atoms with Crippen LogP contribution in [0.5, 0.6) is 34.5 Å². The summed E-state index contributed by atoms with van der Waals surface area (Å²) >= 11 is 0.982. The molecule has 0 radical (unpaired) electrons. The molecule has 8 aromatic rings. The van der Waals surface area contributed by atoms with E-state index in [1.807, 2.05) is 12.1 Å². The Balaban J connectivity index is 0.000000429. The van der Waals surface area contributed by atoms with Gasteiger partial charge < -0.3 is 133 Å². The third kappa shape index (κ3) is 45.9. The molecule has 0 saturated carbocycles. The molecule has 0 bridgehead atoms. The minimum absolute atomic E-state index is 0. The second-order valence-electron chi connectivity index (χ2n) is 31.0. The van der Waals surface area contributed by atoms with Gasteiger partial charge in [-0.25, -0.2) is 0 Å². The fourth-order valence-corrected chi connectivity index (χ4v) is 13.5. The Hall–Kier alpha value is -15.0. The Morgan fingerprint density at radius 2 is 0.539 bits per heavy atom. The molecular formula is C99H114N12O28SZn. The van der Waals surface area contributed by atoms with Crippen LogP contribution in [0.4, 0.5) is 0 Å². The summed E-state index contributed by atoms with van der Waals surface area (Å²) in [5.74, 6) is -8.16. The van der Waals surface area contributed by atoms with Crippen LogP contribution in [0.25, 0.3) is 0 Å². The van der Waals surface area contributed by atoms with Gasteiger partial charge in [-0.2, -0.15) is 0 Å². The van der Waals surface area contributed by atoms with Crippen molar-refractivity contribution in [3.8, 4) is 59.2 Å². The van der Waals surface area contributed by atoms with Crippen molar-refractivity contribution in [2.75, 3.05) is 85.1 Å². The first kappa shape index (κ1) is 115. The second kappa shape index (κ2) is 64.2. The van der Waals surface area contributed by atoms with Crippen molar-refractivity contribution in [3.05, 3.63) is 252 Å². The number of amides is 10. The van der Waals surface area contributed by atoms with Gasteiger partial charge in [0.15, 0.2) is 0 Å². The molecule has 0 saturated heterocycles. The number of hydrogen-bond donors (Lipinski definition) is 18. The van der Waals surface area contributed by atoms with E-state index in [9.17, 15) is 97.8 Å². The van der Waals surface area contributed by atoms with Gasteiger partial charge in [0.1, 0.15) is 115 Å². The van der Waals surface area contributed by atoms with Gasteiger partial charge in [0.25, 0.3) is 0 Å². The first-order chi connectivity index (χ1) is 67.4. The molecule has 0 aliphatic carbocycles. The van der Waals surface area contributed by atoms with Crippen molar-refractivity contribution in [3.63, 3.8) is 0 Å². The zero-order valence-corrected chi connectivity index (χ0v) is 80.7. The van der Waals surface area contributed by atoms with Crippen molar-refractivity contribution in [1.82, 2.24) is 53.2 Å². The van der Waals surface area contributed by atoms with Gasteiger partial charge in [-0.05, 0) is 119 Å². The molecule has 141 heavy (non-hydrogen) atoms. The zero-order chi connectivity index (χ0) is 101. The van der Waals surface area contributed by atoms with E-state index in [1.54, 1.807) is 182 Å². The number of phenols is 2. The summed E-state index contributed by atoms with van der Waals surface area (Å²) in [7, 11) is 0. The molecule has 40 nitrogen and oxygen atoms in total. The largest absolute Gasteiger partial charge is 0.508 e. The topological polar surface area (TPSA) is 607 Å². The Morgan fingerprint density at radius 1 is 0.291 bits per heavy atom. The number of carbonyl (C=O) groups is 14. The van der Waals surface area contributed by atoms with Crippen LogP contribution in [-0.2, 0) is 144 Å². The number of terminal acetylenes is 2. The maximum absolute atomic E-state index is 14.1. The normalized spacial score (nSPS) is 12.8. The standard InChI is InChI=1S/C50H58N6O14.C49H56N6O14S.Zn/c1-2-22-69-37-17-19-38(20-18-37)70-27-26-68-25-24-67-23-21-52-47(63)42(31-44(58)59)55-50(66)43(32-45(60)61)56-49(65)41(29-34-11-7-4-8-12-34)54-48(64)40(30-35-13-15-36(57)16-14-35)53-46(62)39(51)28-33-9-5-3-6-10-33;1-2-22-67-36-17-19-37(20-18-36)68-24-25-69-70-31-66-23-21-51-46(62)41(29-43(57)58)54-49(65)42(30-44(59)60)55-48(64)40(27-33-11-7-4-8-12-33)53-47(63)39(28-34-13-15-35(56)16-14-34)52-45(61)38(50)26-32-9-5-3-6-10-32;/h1,3-20,39-43,57H,21-32,51H2,(H,52,63)(H,53,62)(H,54,64)(H,55,66)(H,56,65)(H,58,59)(H,60,61);1,3-20,38-42,56H,21-31,50H2,(H,51,62)(H,52,61)(H,53,63)(H,54,65)(H,55,64)(H,57,58)(H,59,60);/t39-,40-,41-,42-,43-;38-,39-,40-,41-,42+;/m01./s1. The summed E-state index contributed by atoms with van der Waals surface area (Å²) in [5.41, 5.74) is 16.2. The minimum Gasteiger partial charge on any atom is -0.508 e. The van der Waals surface area contributed by atoms with E-state index in [0.29, 0.717) is 45.3 Å². The Morgan fingerprint density at radius 3 is 0.851 bits per heavy atom. The molecular weight excluding hydrogens is 1900 g/mol. The molecule has 8 rings (SSSR count). The average Bonchev–Trinajstić information content (AvgIpc) is 0.843. The average molecular weight is 2020 g/mol. The number of carboxylic acids is 4. The molecule has 746 valence electrons. The van der Waals surface area contributed by atoms with Gasteiger partial charge in [-0.3, -0.25) is 67.1 Å². The van der Waals surface area contributed by atoms with Crippen LogP contribution in [0.3, 0.4) is 0 Å². The molecule has 10 amide bonds. The van der Waals surface area contributed by atoms with E-state index in [-0.39, 0.29) is 155 Å². The number of ether oxygens (including phenoxy) is 7. The molecule has 0 aromatic heterocycles. The maximum Gasteiger partial charge on any atom is 0.305 e. The van der Waals surface area contributed by atoms with E-state index in [1.165, 1.54) is 24.3 Å². The Kier molecular flexibility index (Phi) is 52.2. The summed E-state index contributed by atoms with van der Waals surface area (Å²) in [6.07, 6.45) is 6.31. The number of hydrogen-bond acceptors (Lipinski definition) is 27. The van der Waals surface area contributed by atoms with E-state index in [2.05, 4.69) is 65.0 Å². The molecule has 42 heteroatoms. The molecule has 20 N–H and O–H groups in total. The summed E-state index contributed by atoms with van der Waals surface area (Å²) in [6.45, 7) is 1.36. The van der Waals surface area contributed by atoms with Crippen molar-refractivity contribution in [1.29, 1.82) is 0 Å². The number of benzene rings is 8. The van der Waals surface area contributed by atoms with Gasteiger partial charge in [-0.15, -0.1) is 12.8 Å². The molecule has 0 unspecified atom stereocenters. The SMILES string of the molecule is C#CCOc1ccc(OCCOCCOCCNC(=O)[C@H](CC(=O)O)NC(=O)[C@H](CC(=O)O)NC(=O)[C@H](Cc2ccccc2)NC(=O)[C@H](Cc2ccc(O)cc2)NC(=O)[C@@H](N)Cc2ccccc2)cc1.C#CCOc1ccc(OCCOSCOCCNC(=O)[C@@H](CC(=O)O)NC(=O)[C@H](CC(=O)O)NC(=O)[C@@H](Cc2ccccc2)NC(=O)[C@@H](Cc2ccc(O)cc2)NC(=O)[C@H](N)Cc2ccccc2)cc1.[Zn]. The van der Waals surface area contributed by atoms with E-state index in [0.717, 1.165) is 23.2 Å². The smallest absolute Gasteiger partial charge is 0.305 e. The molecule has 8 aromatic carbocycles. The van der Waals surface area contributed by atoms with E-state index >= 15 is 0 Å². The summed E-state index contributed by atoms with van der Waals surface area (Å²) in [6, 6.07) is 45.4. The van der Waals surface area contributed by atoms with Crippen LogP contribution < -0.4 is 83.6 Å². The molecule has 0 fully saturated rings. The quantitative estimate of drug-likeness (QED) is 0.00855. The van der Waals surface area contributed by atoms with Gasteiger partial charge >= 0.3 is 23.9 Å². The summed E-state index contributed by atoms with van der Waals surface area (Å²) in [4.78, 5) is 184. The molecule has 0 heterocycles. The van der Waals surface area contributed by atoms with Crippen LogP contribution in [0.1, 0.15) is 59.1 Å². The van der Waals surface area contributed by atoms with Gasteiger partial charge in [0.05, 0.1) is 77.4 Å². The predicted octanol–water partition coefficient (Wildman–Crippen LogP) is 2.36. The third-order valence-electron chi connectivity index (χ3n) is 20.1. The predicted molar refractivity (Wildman–Crippen MR) is 509 cm³/mol. The van der Waals surface area contributed by atoms with Crippen LogP contribution in [-0.4, -0.2) is 259 Å². The number of nitrogens with one attached hydrogen (secondary N) is 10. The Bertz CT molecular complexity index is 5040. The number of rotatable bonds is 62. The number of carboxylic acid groups (broad SMARTS) is 4. The van der Waals surface area contributed by atoms with Gasteiger partial charge in [0, 0.05) is 70.3 Å². The van der Waals surface area contributed by atoms with Gasteiger partial charge in [0.2, 0.25) is 59.1 Å². The number of aromatic hydroxyl groups is 2. The monoisotopic (exact) mass is 2010 g/mol. The van der Waals surface area contributed by atoms with Crippen molar-refractivity contribution in [2.45, 2.75) is 125 Å². The molecule has 0 aliphatic heterocycles. The Labute approximate surface area is 830 Å². The number of aliphatic carboxylic acids is 4. The minimum atomic E-state index is -1.86. The molecule has 0 spiro atoms. The van der Waals surface area contributed by atoms with Crippen molar-refractivity contribution in [2.24, 2.45) is 11.5 Å². The fraction of sp³-hybridized carbons (Fsp3) is 0.333. The van der Waals surface area contributed by atoms with Crippen LogP contribution in [0.15, 0.2) is 218 Å². The van der Waals surface area contributed by atoms with Crippen LogP contribution >= 0.6 is 12.0 Å². The molecule has 0 aliphatic rings. The number of carbonyl (C=O) groups excluding carboxylic acids is 10. The number of phenolic OH excluding ortho intramolecular Hbond substituents is 2. The van der Waals surface area contributed by atoms with E-state index < -0.39 is 169 Å². The summed E-state index contributed by atoms with van der Waals surface area (Å²) < 4.78 is 43.6. The fourth-order valence-electron chi connectivity index (χ4n) is 13.1. The maximum atomic E-state index is 14.1. The van der Waals surface area contributed by atoms with Crippen LogP contribution in [0, 0.1) is 24.7 Å². The molecule has 10 atom stereocenters. The zero-order valence-electron chi connectivity index (χ0n) is 76.9. The second-order valence-corrected chi connectivity index (χ2v) is 31.7.